The van der Waals surface area contributed by atoms with E-state index in [1.54, 1.807) is 18.6 Å². The molecule has 0 aliphatic carbocycles. The monoisotopic (exact) mass is 361 g/mol. The zero-order chi connectivity index (χ0) is 19.0. The molecule has 0 spiro atoms. The molecule has 0 N–H and O–H groups in total. The van der Waals surface area contributed by atoms with Gasteiger partial charge in [0.1, 0.15) is 6.20 Å². The molecule has 3 aromatic heterocycles. The summed E-state index contributed by atoms with van der Waals surface area (Å²) in [6, 6.07) is 11.9. The molecule has 4 aromatic rings. The van der Waals surface area contributed by atoms with Gasteiger partial charge >= 0.3 is 17.0 Å². The maximum Gasteiger partial charge on any atom is 0.382 e. The quantitative estimate of drug-likeness (QED) is 0.411. The molecule has 0 atom stereocenters. The van der Waals surface area contributed by atoms with Crippen LogP contribution < -0.4 is 5.56 Å². The predicted molar refractivity (Wildman–Crippen MR) is 99.6 cm³/mol. The fourth-order valence-electron chi connectivity index (χ4n) is 2.82. The lowest BCUT2D eigenvalue weighted by Crippen LogP contribution is -2.22. The van der Waals surface area contributed by atoms with Crippen molar-refractivity contribution in [2.75, 3.05) is 0 Å². The largest absolute Gasteiger partial charge is 0.382 e. The summed E-state index contributed by atoms with van der Waals surface area (Å²) in [4.78, 5) is 31.0. The first-order valence-corrected chi connectivity index (χ1v) is 8.26. The second-order valence-corrected chi connectivity index (χ2v) is 6.24. The fourth-order valence-corrected chi connectivity index (χ4v) is 2.82. The number of hydrogen-bond acceptors (Lipinski definition) is 5. The van der Waals surface area contributed by atoms with E-state index in [1.165, 1.54) is 20.7 Å². The maximum atomic E-state index is 12.5. The van der Waals surface area contributed by atoms with Gasteiger partial charge in [-0.1, -0.05) is 35.9 Å². The van der Waals surface area contributed by atoms with Crippen molar-refractivity contribution in [1.82, 2.24) is 18.9 Å². The van der Waals surface area contributed by atoms with Crippen molar-refractivity contribution in [1.29, 1.82) is 0 Å². The third-order valence-corrected chi connectivity index (χ3v) is 4.29. The molecule has 134 valence electrons. The number of hydrogen-bond donors (Lipinski definition) is 0. The van der Waals surface area contributed by atoms with E-state index in [1.807, 2.05) is 43.3 Å². The Kier molecular flexibility index (Phi) is 4.00. The first kappa shape index (κ1) is 16.6. The van der Waals surface area contributed by atoms with E-state index in [0.717, 1.165) is 16.8 Å². The number of benzene rings is 1. The summed E-state index contributed by atoms with van der Waals surface area (Å²) in [6.07, 6.45) is 6.10. The molecule has 27 heavy (non-hydrogen) atoms. The third kappa shape index (κ3) is 3.20. The zero-order valence-electron chi connectivity index (χ0n) is 14.4. The van der Waals surface area contributed by atoms with Gasteiger partial charge in [0.2, 0.25) is 0 Å². The lowest BCUT2D eigenvalue weighted by atomic mass is 10.1. The van der Waals surface area contributed by atoms with Crippen LogP contribution in [0.4, 0.5) is 5.82 Å². The number of nitrogens with zero attached hydrogens (tertiary/aromatic N) is 5. The molecule has 0 radical (unpaired) electrons. The first-order valence-electron chi connectivity index (χ1n) is 8.26. The second kappa shape index (κ2) is 6.49. The smallest absolute Gasteiger partial charge is 0.358 e. The Hall–Kier alpha value is -3.81. The van der Waals surface area contributed by atoms with Crippen LogP contribution in [0.2, 0.25) is 0 Å². The van der Waals surface area contributed by atoms with Crippen molar-refractivity contribution in [3.63, 3.8) is 0 Å². The molecule has 3 heterocycles. The van der Waals surface area contributed by atoms with Crippen LogP contribution in [0.25, 0.3) is 16.9 Å². The zero-order valence-corrected chi connectivity index (χ0v) is 14.4. The number of pyridine rings is 1. The number of fused-ring (bicyclic) bond motifs is 1. The Bertz CT molecular complexity index is 1190. The normalized spacial score (nSPS) is 11.0. The van der Waals surface area contributed by atoms with E-state index < -0.39 is 10.5 Å². The summed E-state index contributed by atoms with van der Waals surface area (Å²) in [5.74, 6) is -0.353. The van der Waals surface area contributed by atoms with Crippen LogP contribution in [-0.4, -0.2) is 23.9 Å². The third-order valence-electron chi connectivity index (χ3n) is 4.29. The Labute approximate surface area is 153 Å². The van der Waals surface area contributed by atoms with Gasteiger partial charge in [-0.25, -0.2) is 0 Å². The number of nitro groups is 1. The Balaban J connectivity index is 1.62. The average molecular weight is 361 g/mol. The highest BCUT2D eigenvalue weighted by Gasteiger charge is 2.17. The average Bonchev–Trinajstić information content (AvgIpc) is 3.11. The van der Waals surface area contributed by atoms with E-state index in [9.17, 15) is 14.9 Å². The highest BCUT2D eigenvalue weighted by Crippen LogP contribution is 2.18. The molecule has 0 unspecified atom stereocenters. The Morgan fingerprint density at radius 1 is 1.11 bits per heavy atom. The van der Waals surface area contributed by atoms with Crippen molar-refractivity contribution in [2.45, 2.75) is 13.5 Å². The standard InChI is InChI=1S/C19H15N5O3/c1-13-2-5-15(6-3-13)16-7-4-14(10-20-16)11-23-9-8-22-12-17(24(26)27)21-18(22)19(23)25/h2-10,12H,11H2,1H3. The molecule has 8 heteroatoms. The summed E-state index contributed by atoms with van der Waals surface area (Å²) >= 11 is 0. The summed E-state index contributed by atoms with van der Waals surface area (Å²) in [7, 11) is 0. The van der Waals surface area contributed by atoms with E-state index in [4.69, 9.17) is 0 Å². The second-order valence-electron chi connectivity index (χ2n) is 6.24. The topological polar surface area (TPSA) is 95.3 Å². The van der Waals surface area contributed by atoms with Crippen molar-refractivity contribution >= 4 is 11.5 Å². The number of imidazole rings is 1. The van der Waals surface area contributed by atoms with E-state index in [2.05, 4.69) is 9.97 Å². The summed E-state index contributed by atoms with van der Waals surface area (Å²) in [5, 5.41) is 10.8. The van der Waals surface area contributed by atoms with Gasteiger partial charge in [0.05, 0.1) is 12.2 Å². The molecule has 0 bridgehead atoms. The van der Waals surface area contributed by atoms with Crippen LogP contribution in [0.3, 0.4) is 0 Å². The van der Waals surface area contributed by atoms with Crippen LogP contribution in [0.15, 0.2) is 66.0 Å². The van der Waals surface area contributed by atoms with Gasteiger partial charge in [-0.15, -0.1) is 0 Å². The first-order chi connectivity index (χ1) is 13.0. The van der Waals surface area contributed by atoms with Crippen molar-refractivity contribution in [3.05, 3.63) is 92.8 Å². The molecule has 8 nitrogen and oxygen atoms in total. The number of aryl methyl sites for hydroxylation is 1. The number of rotatable bonds is 4. The van der Waals surface area contributed by atoms with Crippen LogP contribution >= 0.6 is 0 Å². The van der Waals surface area contributed by atoms with Gasteiger partial charge in [0.15, 0.2) is 0 Å². The predicted octanol–water partition coefficient (Wildman–Crippen LogP) is 2.82. The van der Waals surface area contributed by atoms with Gasteiger partial charge in [-0.2, -0.15) is 0 Å². The van der Waals surface area contributed by atoms with Crippen molar-refractivity contribution < 1.29 is 4.92 Å². The van der Waals surface area contributed by atoms with Gasteiger partial charge in [-0.3, -0.25) is 14.2 Å². The highest BCUT2D eigenvalue weighted by molar-refractivity contribution is 5.59. The Morgan fingerprint density at radius 3 is 2.56 bits per heavy atom. The molecular formula is C19H15N5O3. The molecule has 4 rings (SSSR count). The van der Waals surface area contributed by atoms with Crippen molar-refractivity contribution in [3.8, 4) is 11.3 Å². The minimum absolute atomic E-state index is 0.0217. The summed E-state index contributed by atoms with van der Waals surface area (Å²) < 4.78 is 2.81. The molecule has 0 fully saturated rings. The fraction of sp³-hybridized carbons (Fsp3) is 0.105. The molecule has 0 saturated heterocycles. The Morgan fingerprint density at radius 2 is 1.89 bits per heavy atom. The SMILES string of the molecule is Cc1ccc(-c2ccc(Cn3ccn4cc([N+](=O)[O-])nc4c3=O)cn2)cc1. The van der Waals surface area contributed by atoms with Gasteiger partial charge in [-0.05, 0) is 28.5 Å². The minimum Gasteiger partial charge on any atom is -0.358 e. The summed E-state index contributed by atoms with van der Waals surface area (Å²) in [5.41, 5.74) is 3.53. The van der Waals surface area contributed by atoms with Crippen LogP contribution in [0, 0.1) is 17.0 Å². The van der Waals surface area contributed by atoms with E-state index >= 15 is 0 Å². The lowest BCUT2D eigenvalue weighted by Gasteiger charge is -2.06. The molecule has 0 aliphatic rings. The molecule has 0 aliphatic heterocycles. The molecule has 1 aromatic carbocycles. The van der Waals surface area contributed by atoms with E-state index in [-0.39, 0.29) is 11.5 Å². The van der Waals surface area contributed by atoms with Crippen molar-refractivity contribution in [2.24, 2.45) is 0 Å². The number of aromatic nitrogens is 4. The maximum absolute atomic E-state index is 12.5. The van der Waals surface area contributed by atoms with Crippen LogP contribution in [-0.2, 0) is 6.54 Å². The lowest BCUT2D eigenvalue weighted by molar-refractivity contribution is -0.389. The molecular weight excluding hydrogens is 346 g/mol. The van der Waals surface area contributed by atoms with Gasteiger partial charge in [0, 0.05) is 24.2 Å². The highest BCUT2D eigenvalue weighted by atomic mass is 16.6. The van der Waals surface area contributed by atoms with Gasteiger partial charge < -0.3 is 14.7 Å². The minimum atomic E-state index is -0.621. The summed E-state index contributed by atoms with van der Waals surface area (Å²) in [6.45, 7) is 2.33. The molecule has 0 saturated carbocycles. The van der Waals surface area contributed by atoms with E-state index in [0.29, 0.717) is 6.54 Å². The molecule has 0 amide bonds. The van der Waals surface area contributed by atoms with Crippen LogP contribution in [0.5, 0.6) is 0 Å². The van der Waals surface area contributed by atoms with Crippen LogP contribution in [0.1, 0.15) is 11.1 Å². The van der Waals surface area contributed by atoms with Gasteiger partial charge in [0.25, 0.3) is 0 Å².